The van der Waals surface area contributed by atoms with Crippen LogP contribution in [0.2, 0.25) is 5.02 Å². The van der Waals surface area contributed by atoms with Gasteiger partial charge in [0.1, 0.15) is 0 Å². The van der Waals surface area contributed by atoms with Gasteiger partial charge in [-0.05, 0) is 55.6 Å². The number of halogens is 1. The summed E-state index contributed by atoms with van der Waals surface area (Å²) in [6, 6.07) is 13.3. The van der Waals surface area contributed by atoms with E-state index in [1.165, 1.54) is 0 Å². The summed E-state index contributed by atoms with van der Waals surface area (Å²) >= 11 is 6.06. The molecule has 5 heteroatoms. The zero-order valence-corrected chi connectivity index (χ0v) is 14.2. The summed E-state index contributed by atoms with van der Waals surface area (Å²) in [4.78, 5) is 18.6. The first kappa shape index (κ1) is 16.9. The topological polar surface area (TPSA) is 53.4 Å². The quantitative estimate of drug-likeness (QED) is 0.899. The Bertz CT molecular complexity index is 708. The van der Waals surface area contributed by atoms with Gasteiger partial charge >= 0.3 is 5.97 Å². The first-order valence-electron chi connectivity index (χ1n) is 8.18. The van der Waals surface area contributed by atoms with Crippen LogP contribution in [-0.4, -0.2) is 34.0 Å². The third-order valence-electron chi connectivity index (χ3n) is 4.65. The highest BCUT2D eigenvalue weighted by Gasteiger charge is 2.42. The Morgan fingerprint density at radius 3 is 2.88 bits per heavy atom. The lowest BCUT2D eigenvalue weighted by atomic mass is 9.75. The van der Waals surface area contributed by atoms with Crippen molar-refractivity contribution in [2.24, 2.45) is 5.41 Å². The van der Waals surface area contributed by atoms with Gasteiger partial charge in [-0.1, -0.05) is 29.8 Å². The van der Waals surface area contributed by atoms with Crippen LogP contribution in [0.15, 0.2) is 48.7 Å². The molecule has 0 saturated carbocycles. The summed E-state index contributed by atoms with van der Waals surface area (Å²) in [7, 11) is 0. The Morgan fingerprint density at radius 2 is 2.17 bits per heavy atom. The van der Waals surface area contributed by atoms with E-state index >= 15 is 0 Å². The number of aliphatic carboxylic acids is 1. The SMILES string of the molecule is O=C(O)[C@@]1(Cc2cccc(Cl)c2)CCCN(Cc2ccccn2)C1. The van der Waals surface area contributed by atoms with Crippen molar-refractivity contribution in [3.63, 3.8) is 0 Å². The highest BCUT2D eigenvalue weighted by Crippen LogP contribution is 2.35. The minimum absolute atomic E-state index is 0.502. The minimum Gasteiger partial charge on any atom is -0.481 e. The predicted octanol–water partition coefficient (Wildman–Crippen LogP) is 3.64. The second-order valence-corrected chi connectivity index (χ2v) is 6.96. The van der Waals surface area contributed by atoms with Crippen LogP contribution >= 0.6 is 11.6 Å². The number of hydrogen-bond acceptors (Lipinski definition) is 3. The van der Waals surface area contributed by atoms with E-state index < -0.39 is 11.4 Å². The molecule has 0 radical (unpaired) electrons. The molecule has 0 aliphatic carbocycles. The molecule has 4 nitrogen and oxygen atoms in total. The van der Waals surface area contributed by atoms with E-state index in [2.05, 4.69) is 9.88 Å². The van der Waals surface area contributed by atoms with E-state index in [1.807, 2.05) is 42.5 Å². The molecule has 0 bridgehead atoms. The maximum atomic E-state index is 12.1. The lowest BCUT2D eigenvalue weighted by Gasteiger charge is -2.40. The number of nitrogens with zero attached hydrogens (tertiary/aromatic N) is 2. The van der Waals surface area contributed by atoms with Crippen LogP contribution in [0.1, 0.15) is 24.1 Å². The average molecular weight is 345 g/mol. The highest BCUT2D eigenvalue weighted by molar-refractivity contribution is 6.30. The maximum absolute atomic E-state index is 12.1. The highest BCUT2D eigenvalue weighted by atomic mass is 35.5. The molecule has 3 rings (SSSR count). The summed E-state index contributed by atoms with van der Waals surface area (Å²) in [5.74, 6) is -0.729. The molecule has 126 valence electrons. The van der Waals surface area contributed by atoms with E-state index in [0.29, 0.717) is 31.0 Å². The molecule has 1 N–H and O–H groups in total. The number of carbonyl (C=O) groups is 1. The zero-order valence-electron chi connectivity index (χ0n) is 13.5. The molecule has 2 aromatic rings. The van der Waals surface area contributed by atoms with Crippen LogP contribution in [0, 0.1) is 5.41 Å². The van der Waals surface area contributed by atoms with Crippen molar-refractivity contribution in [2.45, 2.75) is 25.8 Å². The number of rotatable bonds is 5. The Kier molecular flexibility index (Phi) is 5.17. The van der Waals surface area contributed by atoms with Crippen molar-refractivity contribution >= 4 is 17.6 Å². The van der Waals surface area contributed by atoms with Gasteiger partial charge in [0.05, 0.1) is 11.1 Å². The summed E-state index contributed by atoms with van der Waals surface area (Å²) in [6.45, 7) is 2.12. The van der Waals surface area contributed by atoms with Crippen molar-refractivity contribution in [2.75, 3.05) is 13.1 Å². The third-order valence-corrected chi connectivity index (χ3v) is 4.89. The predicted molar refractivity (Wildman–Crippen MR) is 94.0 cm³/mol. The molecule has 1 aliphatic rings. The van der Waals surface area contributed by atoms with Crippen LogP contribution in [0.5, 0.6) is 0 Å². The monoisotopic (exact) mass is 344 g/mol. The Balaban J connectivity index is 1.77. The molecule has 24 heavy (non-hydrogen) atoms. The fourth-order valence-corrected chi connectivity index (χ4v) is 3.73. The van der Waals surface area contributed by atoms with Crippen LogP contribution in [0.4, 0.5) is 0 Å². The number of aromatic nitrogens is 1. The molecule has 1 atom stereocenters. The molecule has 0 spiro atoms. The molecule has 1 aromatic carbocycles. The Hall–Kier alpha value is -1.91. The number of hydrogen-bond donors (Lipinski definition) is 1. The number of pyridine rings is 1. The van der Waals surface area contributed by atoms with E-state index in [0.717, 1.165) is 24.2 Å². The lowest BCUT2D eigenvalue weighted by Crippen LogP contribution is -2.48. The summed E-state index contributed by atoms with van der Waals surface area (Å²) in [6.07, 6.45) is 3.84. The Morgan fingerprint density at radius 1 is 1.29 bits per heavy atom. The first-order chi connectivity index (χ1) is 11.6. The van der Waals surface area contributed by atoms with Crippen LogP contribution < -0.4 is 0 Å². The van der Waals surface area contributed by atoms with E-state index in [9.17, 15) is 9.90 Å². The van der Waals surface area contributed by atoms with E-state index in [4.69, 9.17) is 11.6 Å². The summed E-state index contributed by atoms with van der Waals surface area (Å²) < 4.78 is 0. The lowest BCUT2D eigenvalue weighted by molar-refractivity contribution is -0.152. The summed E-state index contributed by atoms with van der Waals surface area (Å²) in [5, 5.41) is 10.6. The van der Waals surface area contributed by atoms with Crippen molar-refractivity contribution in [1.82, 2.24) is 9.88 Å². The first-order valence-corrected chi connectivity index (χ1v) is 8.55. The largest absolute Gasteiger partial charge is 0.481 e. The second kappa shape index (κ2) is 7.32. The van der Waals surface area contributed by atoms with Crippen LogP contribution in [-0.2, 0) is 17.8 Å². The Labute approximate surface area is 147 Å². The molecular weight excluding hydrogens is 324 g/mol. The molecule has 0 unspecified atom stereocenters. The minimum atomic E-state index is -0.766. The second-order valence-electron chi connectivity index (χ2n) is 6.53. The maximum Gasteiger partial charge on any atom is 0.311 e. The molecule has 0 amide bonds. The summed E-state index contributed by atoms with van der Waals surface area (Å²) in [5.41, 5.74) is 1.18. The van der Waals surface area contributed by atoms with Crippen LogP contribution in [0.25, 0.3) is 0 Å². The molecule has 1 aromatic heterocycles. The van der Waals surface area contributed by atoms with Gasteiger partial charge in [-0.15, -0.1) is 0 Å². The van der Waals surface area contributed by atoms with Crippen molar-refractivity contribution in [3.8, 4) is 0 Å². The van der Waals surface area contributed by atoms with Gasteiger partial charge in [-0.25, -0.2) is 0 Å². The molecule has 1 saturated heterocycles. The number of piperidine rings is 1. The van der Waals surface area contributed by atoms with E-state index in [-0.39, 0.29) is 0 Å². The zero-order chi connectivity index (χ0) is 17.0. The normalized spacial score (nSPS) is 21.5. The van der Waals surface area contributed by atoms with Gasteiger partial charge in [0.15, 0.2) is 0 Å². The van der Waals surface area contributed by atoms with E-state index in [1.54, 1.807) is 6.20 Å². The van der Waals surface area contributed by atoms with Gasteiger partial charge in [0.25, 0.3) is 0 Å². The van der Waals surface area contributed by atoms with Gasteiger partial charge < -0.3 is 5.11 Å². The fourth-order valence-electron chi connectivity index (χ4n) is 3.52. The van der Waals surface area contributed by atoms with Crippen molar-refractivity contribution in [1.29, 1.82) is 0 Å². The number of carboxylic acid groups (broad SMARTS) is 1. The molecule has 1 aliphatic heterocycles. The van der Waals surface area contributed by atoms with Crippen molar-refractivity contribution in [3.05, 3.63) is 64.9 Å². The van der Waals surface area contributed by atoms with Gasteiger partial charge in [0, 0.05) is 24.3 Å². The van der Waals surface area contributed by atoms with Gasteiger partial charge in [-0.3, -0.25) is 14.7 Å². The number of benzene rings is 1. The molecular formula is C19H21ClN2O2. The third kappa shape index (κ3) is 3.94. The standard InChI is InChI=1S/C19H21ClN2O2/c20-16-6-3-5-15(11-16)12-19(18(23)24)8-4-10-22(14-19)13-17-7-1-2-9-21-17/h1-3,5-7,9,11H,4,8,10,12-14H2,(H,23,24)/t19-/m1/s1. The number of likely N-dealkylation sites (tertiary alicyclic amines) is 1. The smallest absolute Gasteiger partial charge is 0.311 e. The van der Waals surface area contributed by atoms with Crippen LogP contribution in [0.3, 0.4) is 0 Å². The average Bonchev–Trinajstić information content (AvgIpc) is 2.56. The number of carboxylic acids is 1. The fraction of sp³-hybridized carbons (Fsp3) is 0.368. The van der Waals surface area contributed by atoms with Crippen molar-refractivity contribution < 1.29 is 9.90 Å². The van der Waals surface area contributed by atoms with Gasteiger partial charge in [0.2, 0.25) is 0 Å². The molecule has 2 heterocycles. The van der Waals surface area contributed by atoms with Gasteiger partial charge in [-0.2, -0.15) is 0 Å². The molecule has 1 fully saturated rings.